The van der Waals surface area contributed by atoms with E-state index in [1.165, 1.54) is 12.1 Å². The van der Waals surface area contributed by atoms with E-state index in [1.807, 2.05) is 26.0 Å². The quantitative estimate of drug-likeness (QED) is 0.432. The molecule has 1 amide bonds. The zero-order chi connectivity index (χ0) is 23.6. The smallest absolute Gasteiger partial charge is 0.291 e. The first-order chi connectivity index (χ1) is 16.4. The molecule has 1 atom stereocenters. The summed E-state index contributed by atoms with van der Waals surface area (Å²) < 4.78 is 30.6. The van der Waals surface area contributed by atoms with Crippen LogP contribution in [0.5, 0.6) is 11.5 Å². The Morgan fingerprint density at radius 3 is 2.47 bits per heavy atom. The van der Waals surface area contributed by atoms with Crippen molar-refractivity contribution in [2.75, 3.05) is 6.79 Å². The molecule has 7 heteroatoms. The van der Waals surface area contributed by atoms with Gasteiger partial charge >= 0.3 is 0 Å². The SMILES string of the molecule is Cc1cc2oc3c(c(=O)c2cc1C)[C@H](c1ccc(F)cc1)N(Cc1ccc2c(c1)OCO2)C3=O. The molecule has 0 bridgehead atoms. The largest absolute Gasteiger partial charge is 0.454 e. The Balaban J connectivity index is 1.53. The molecule has 0 fully saturated rings. The van der Waals surface area contributed by atoms with E-state index in [-0.39, 0.29) is 36.0 Å². The minimum Gasteiger partial charge on any atom is -0.454 e. The third-order valence-corrected chi connectivity index (χ3v) is 6.56. The number of amides is 1. The maximum absolute atomic E-state index is 13.7. The average molecular weight is 457 g/mol. The highest BCUT2D eigenvalue weighted by Gasteiger charge is 2.42. The topological polar surface area (TPSA) is 69.0 Å². The van der Waals surface area contributed by atoms with E-state index >= 15 is 0 Å². The van der Waals surface area contributed by atoms with E-state index in [0.717, 1.165) is 16.7 Å². The van der Waals surface area contributed by atoms with Gasteiger partial charge in [-0.05, 0) is 72.5 Å². The van der Waals surface area contributed by atoms with Crippen molar-refractivity contribution in [3.8, 4) is 11.5 Å². The van der Waals surface area contributed by atoms with Crippen LogP contribution in [0.3, 0.4) is 0 Å². The second-order valence-corrected chi connectivity index (χ2v) is 8.68. The van der Waals surface area contributed by atoms with Crippen molar-refractivity contribution in [3.05, 3.63) is 104 Å². The van der Waals surface area contributed by atoms with E-state index in [4.69, 9.17) is 13.9 Å². The number of aryl methyl sites for hydroxylation is 2. The van der Waals surface area contributed by atoms with Crippen molar-refractivity contribution in [1.82, 2.24) is 4.90 Å². The summed E-state index contributed by atoms with van der Waals surface area (Å²) in [5.74, 6) is 0.483. The predicted octanol–water partition coefficient (Wildman–Crippen LogP) is 5.02. The fourth-order valence-electron chi connectivity index (χ4n) is 4.67. The zero-order valence-electron chi connectivity index (χ0n) is 18.6. The summed E-state index contributed by atoms with van der Waals surface area (Å²) in [4.78, 5) is 28.9. The summed E-state index contributed by atoms with van der Waals surface area (Å²) in [6.07, 6.45) is 0. The number of carbonyl (C=O) groups is 1. The van der Waals surface area contributed by atoms with Crippen LogP contribution in [-0.2, 0) is 6.54 Å². The molecule has 3 aromatic carbocycles. The third-order valence-electron chi connectivity index (χ3n) is 6.56. The molecular weight excluding hydrogens is 437 g/mol. The minimum atomic E-state index is -0.712. The highest BCUT2D eigenvalue weighted by Crippen LogP contribution is 2.40. The van der Waals surface area contributed by atoms with Gasteiger partial charge in [-0.15, -0.1) is 0 Å². The molecule has 0 aliphatic carbocycles. The van der Waals surface area contributed by atoms with Gasteiger partial charge in [-0.25, -0.2) is 4.39 Å². The molecule has 34 heavy (non-hydrogen) atoms. The van der Waals surface area contributed by atoms with Gasteiger partial charge in [0.15, 0.2) is 16.9 Å². The Labute approximate surface area is 194 Å². The number of benzene rings is 3. The lowest BCUT2D eigenvalue weighted by Gasteiger charge is -2.25. The molecular formula is C27H20FNO5. The maximum Gasteiger partial charge on any atom is 0.291 e. The summed E-state index contributed by atoms with van der Waals surface area (Å²) in [5, 5.41) is 0.423. The molecule has 2 aliphatic heterocycles. The normalized spacial score (nSPS) is 16.4. The lowest BCUT2D eigenvalue weighted by molar-refractivity contribution is 0.0714. The molecule has 6 nitrogen and oxygen atoms in total. The van der Waals surface area contributed by atoms with E-state index in [0.29, 0.717) is 28.0 Å². The van der Waals surface area contributed by atoms with Gasteiger partial charge in [0.25, 0.3) is 5.91 Å². The van der Waals surface area contributed by atoms with Gasteiger partial charge in [0.2, 0.25) is 12.6 Å². The number of halogens is 1. The molecule has 0 N–H and O–H groups in total. The number of carbonyl (C=O) groups excluding carboxylic acids is 1. The van der Waals surface area contributed by atoms with Gasteiger partial charge in [0.05, 0.1) is 17.0 Å². The lowest BCUT2D eigenvalue weighted by atomic mass is 9.97. The molecule has 170 valence electrons. The molecule has 0 saturated carbocycles. The Hall–Kier alpha value is -4.13. The standard InChI is InChI=1S/C27H20FNO5/c1-14-9-19-21(10-15(14)2)34-26-23(25(19)30)24(17-4-6-18(28)7-5-17)29(27(26)31)12-16-3-8-20-22(11-16)33-13-32-20/h3-11,24H,12-13H2,1-2H3/t24-/m0/s1. The second-order valence-electron chi connectivity index (χ2n) is 8.68. The summed E-state index contributed by atoms with van der Waals surface area (Å²) >= 11 is 0. The summed E-state index contributed by atoms with van der Waals surface area (Å²) in [6, 6.07) is 14.2. The van der Waals surface area contributed by atoms with Gasteiger partial charge in [0, 0.05) is 6.54 Å². The zero-order valence-corrected chi connectivity index (χ0v) is 18.6. The van der Waals surface area contributed by atoms with Crippen LogP contribution in [0.2, 0.25) is 0 Å². The number of nitrogens with zero attached hydrogens (tertiary/aromatic N) is 1. The van der Waals surface area contributed by atoms with E-state index < -0.39 is 11.9 Å². The molecule has 6 rings (SSSR count). The van der Waals surface area contributed by atoms with Crippen molar-refractivity contribution in [3.63, 3.8) is 0 Å². The van der Waals surface area contributed by atoms with Crippen LogP contribution in [0.25, 0.3) is 11.0 Å². The highest BCUT2D eigenvalue weighted by molar-refractivity contribution is 5.99. The van der Waals surface area contributed by atoms with Crippen LogP contribution in [-0.4, -0.2) is 17.6 Å². The predicted molar refractivity (Wildman–Crippen MR) is 123 cm³/mol. The molecule has 0 radical (unpaired) electrons. The van der Waals surface area contributed by atoms with Crippen LogP contribution in [0.1, 0.15) is 44.4 Å². The van der Waals surface area contributed by atoms with Crippen LogP contribution in [0.15, 0.2) is 63.8 Å². The first-order valence-corrected chi connectivity index (χ1v) is 10.9. The second kappa shape index (κ2) is 7.45. The minimum absolute atomic E-state index is 0.0239. The van der Waals surface area contributed by atoms with Crippen LogP contribution >= 0.6 is 0 Å². The van der Waals surface area contributed by atoms with E-state index in [9.17, 15) is 14.0 Å². The van der Waals surface area contributed by atoms with Gasteiger partial charge in [-0.1, -0.05) is 18.2 Å². The van der Waals surface area contributed by atoms with E-state index in [1.54, 1.807) is 35.2 Å². The first-order valence-electron chi connectivity index (χ1n) is 10.9. The number of hydrogen-bond acceptors (Lipinski definition) is 5. The fourth-order valence-corrected chi connectivity index (χ4v) is 4.67. The first kappa shape index (κ1) is 20.5. The van der Waals surface area contributed by atoms with Crippen molar-refractivity contribution in [2.24, 2.45) is 0 Å². The third kappa shape index (κ3) is 3.08. The maximum atomic E-state index is 13.7. The Bertz CT molecular complexity index is 1540. The molecule has 4 aromatic rings. The molecule has 1 aromatic heterocycles. The molecule has 0 unspecified atom stereocenters. The monoisotopic (exact) mass is 457 g/mol. The summed E-state index contributed by atoms with van der Waals surface area (Å²) in [5.41, 5.74) is 3.75. The van der Waals surface area contributed by atoms with Crippen LogP contribution in [0, 0.1) is 19.7 Å². The van der Waals surface area contributed by atoms with Gasteiger partial charge < -0.3 is 18.8 Å². The number of fused-ring (bicyclic) bond motifs is 3. The summed E-state index contributed by atoms with van der Waals surface area (Å²) in [7, 11) is 0. The fraction of sp³-hybridized carbons (Fsp3) is 0.185. The van der Waals surface area contributed by atoms with Crippen molar-refractivity contribution in [1.29, 1.82) is 0 Å². The van der Waals surface area contributed by atoms with Crippen molar-refractivity contribution < 1.29 is 23.1 Å². The molecule has 3 heterocycles. The number of ether oxygens (including phenoxy) is 2. The van der Waals surface area contributed by atoms with Gasteiger partial charge in [-0.2, -0.15) is 0 Å². The van der Waals surface area contributed by atoms with Gasteiger partial charge in [0.1, 0.15) is 11.4 Å². The Kier molecular flexibility index (Phi) is 4.49. The molecule has 0 saturated heterocycles. The van der Waals surface area contributed by atoms with Gasteiger partial charge in [-0.3, -0.25) is 9.59 Å². The van der Waals surface area contributed by atoms with E-state index in [2.05, 4.69) is 0 Å². The Morgan fingerprint density at radius 2 is 1.68 bits per heavy atom. The summed E-state index contributed by atoms with van der Waals surface area (Å²) in [6.45, 7) is 4.21. The highest BCUT2D eigenvalue weighted by atomic mass is 19.1. The number of rotatable bonds is 3. The molecule has 2 aliphatic rings. The van der Waals surface area contributed by atoms with Crippen molar-refractivity contribution in [2.45, 2.75) is 26.4 Å². The average Bonchev–Trinajstić information content (AvgIpc) is 3.39. The number of hydrogen-bond donors (Lipinski definition) is 0. The Morgan fingerprint density at radius 1 is 0.941 bits per heavy atom. The lowest BCUT2D eigenvalue weighted by Crippen LogP contribution is -2.29. The molecule has 0 spiro atoms. The van der Waals surface area contributed by atoms with Crippen LogP contribution < -0.4 is 14.9 Å². The van der Waals surface area contributed by atoms with Crippen LogP contribution in [0.4, 0.5) is 4.39 Å². The van der Waals surface area contributed by atoms with Crippen molar-refractivity contribution >= 4 is 16.9 Å².